The van der Waals surface area contributed by atoms with Gasteiger partial charge in [0.25, 0.3) is 0 Å². The lowest BCUT2D eigenvalue weighted by atomic mass is 9.67. The van der Waals surface area contributed by atoms with Crippen molar-refractivity contribution in [3.8, 4) is 0 Å². The van der Waals surface area contributed by atoms with Gasteiger partial charge in [0.1, 0.15) is 0 Å². The van der Waals surface area contributed by atoms with E-state index in [2.05, 4.69) is 20.2 Å². The number of hydrogen-bond acceptors (Lipinski definition) is 6. The molecule has 0 unspecified atom stereocenters. The summed E-state index contributed by atoms with van der Waals surface area (Å²) in [7, 11) is -3.23. The smallest absolute Gasteiger partial charge is 0.321 e. The predicted molar refractivity (Wildman–Crippen MR) is 97.3 cm³/mol. The first-order valence-corrected chi connectivity index (χ1v) is 11.0. The van der Waals surface area contributed by atoms with E-state index in [0.717, 1.165) is 25.7 Å². The molecule has 3 rings (SSSR count). The van der Waals surface area contributed by atoms with Crippen molar-refractivity contribution in [2.24, 2.45) is 5.92 Å². The van der Waals surface area contributed by atoms with Crippen LogP contribution in [0.5, 0.6) is 0 Å². The van der Waals surface area contributed by atoms with E-state index in [-0.39, 0.29) is 24.9 Å². The Hall–Kier alpha value is -1.29. The van der Waals surface area contributed by atoms with E-state index in [1.807, 2.05) is 0 Å². The van der Waals surface area contributed by atoms with Crippen LogP contribution < -0.4 is 10.0 Å². The van der Waals surface area contributed by atoms with Gasteiger partial charge >= 0.3 is 6.01 Å². The van der Waals surface area contributed by atoms with E-state index < -0.39 is 26.6 Å². The number of nitrogens with one attached hydrogen (secondary N) is 2. The number of anilines is 1. The van der Waals surface area contributed by atoms with Gasteiger partial charge in [-0.2, -0.15) is 4.98 Å². The third-order valence-electron chi connectivity index (χ3n) is 5.63. The van der Waals surface area contributed by atoms with Gasteiger partial charge in [0.05, 0.1) is 5.25 Å². The molecule has 2 saturated carbocycles. The van der Waals surface area contributed by atoms with Gasteiger partial charge < -0.3 is 9.84 Å². The van der Waals surface area contributed by atoms with Crippen LogP contribution in [-0.4, -0.2) is 42.3 Å². The van der Waals surface area contributed by atoms with Crippen LogP contribution in [-0.2, 0) is 15.4 Å². The number of halogens is 2. The van der Waals surface area contributed by atoms with E-state index in [0.29, 0.717) is 18.3 Å². The lowest BCUT2D eigenvalue weighted by molar-refractivity contribution is -0.123. The number of sulfonamides is 1. The van der Waals surface area contributed by atoms with Crippen molar-refractivity contribution in [1.82, 2.24) is 14.9 Å². The highest BCUT2D eigenvalue weighted by Crippen LogP contribution is 2.52. The van der Waals surface area contributed by atoms with Gasteiger partial charge in [0.2, 0.25) is 15.9 Å². The molecule has 7 nitrogen and oxygen atoms in total. The number of hydrogen-bond donors (Lipinski definition) is 2. The molecule has 0 aromatic carbocycles. The van der Waals surface area contributed by atoms with Crippen molar-refractivity contribution < 1.29 is 21.7 Å². The van der Waals surface area contributed by atoms with Crippen LogP contribution in [0, 0.1) is 5.92 Å². The topological polar surface area (TPSA) is 97.1 Å². The average molecular weight is 406 g/mol. The molecule has 1 heterocycles. The van der Waals surface area contributed by atoms with Crippen LogP contribution in [0.1, 0.15) is 65.1 Å². The maximum atomic E-state index is 13.2. The van der Waals surface area contributed by atoms with Crippen LogP contribution in [0.4, 0.5) is 14.8 Å². The summed E-state index contributed by atoms with van der Waals surface area (Å²) in [5, 5.41) is 6.63. The molecule has 10 heteroatoms. The molecular weight excluding hydrogens is 378 g/mol. The Balaban J connectivity index is 1.45. The zero-order valence-electron chi connectivity index (χ0n) is 16.0. The molecule has 2 fully saturated rings. The van der Waals surface area contributed by atoms with Gasteiger partial charge in [-0.05, 0) is 45.4 Å². The molecule has 2 aliphatic rings. The van der Waals surface area contributed by atoms with E-state index in [1.165, 1.54) is 0 Å². The largest absolute Gasteiger partial charge is 0.335 e. The zero-order chi connectivity index (χ0) is 19.9. The summed E-state index contributed by atoms with van der Waals surface area (Å²) >= 11 is 0. The SMILES string of the molecule is CC(C)S(=O)(=O)NCC1CCC(Nc2nc(C3(C)CC(F)(F)C3)no2)CC1. The summed E-state index contributed by atoms with van der Waals surface area (Å²) in [5.74, 6) is -2.00. The van der Waals surface area contributed by atoms with E-state index in [4.69, 9.17) is 4.52 Å². The van der Waals surface area contributed by atoms with Crippen molar-refractivity contribution in [3.05, 3.63) is 5.82 Å². The lowest BCUT2D eigenvalue weighted by Crippen LogP contribution is -2.47. The molecule has 0 radical (unpaired) electrons. The summed E-state index contributed by atoms with van der Waals surface area (Å²) in [5.41, 5.74) is -0.724. The molecule has 0 bridgehead atoms. The molecule has 0 saturated heterocycles. The Morgan fingerprint density at radius 1 is 1.22 bits per heavy atom. The second kappa shape index (κ2) is 7.27. The molecule has 0 amide bonds. The fraction of sp³-hybridized carbons (Fsp3) is 0.882. The van der Waals surface area contributed by atoms with Crippen LogP contribution in [0.2, 0.25) is 0 Å². The lowest BCUT2D eigenvalue weighted by Gasteiger charge is -2.42. The molecule has 27 heavy (non-hydrogen) atoms. The van der Waals surface area contributed by atoms with Crippen molar-refractivity contribution in [3.63, 3.8) is 0 Å². The molecule has 1 aromatic heterocycles. The van der Waals surface area contributed by atoms with Crippen LogP contribution in [0.15, 0.2) is 4.52 Å². The van der Waals surface area contributed by atoms with Crippen molar-refractivity contribution in [1.29, 1.82) is 0 Å². The van der Waals surface area contributed by atoms with Gasteiger partial charge in [0, 0.05) is 30.8 Å². The maximum absolute atomic E-state index is 13.2. The minimum atomic E-state index is -3.23. The fourth-order valence-electron chi connectivity index (χ4n) is 3.86. The fourth-order valence-corrected chi connectivity index (χ4v) is 4.66. The third-order valence-corrected chi connectivity index (χ3v) is 7.44. The van der Waals surface area contributed by atoms with E-state index >= 15 is 0 Å². The summed E-state index contributed by atoms with van der Waals surface area (Å²) in [6.07, 6.45) is 3.00. The number of alkyl halides is 2. The van der Waals surface area contributed by atoms with Gasteiger partial charge in [-0.3, -0.25) is 0 Å². The Labute approximate surface area is 158 Å². The summed E-state index contributed by atoms with van der Waals surface area (Å²) in [4.78, 5) is 4.26. The first-order chi connectivity index (χ1) is 12.5. The van der Waals surface area contributed by atoms with E-state index in [9.17, 15) is 17.2 Å². The third kappa shape index (κ3) is 4.77. The first-order valence-electron chi connectivity index (χ1n) is 9.46. The van der Waals surface area contributed by atoms with Crippen LogP contribution in [0.3, 0.4) is 0 Å². The maximum Gasteiger partial charge on any atom is 0.321 e. The van der Waals surface area contributed by atoms with Gasteiger partial charge in [-0.15, -0.1) is 0 Å². The molecule has 0 aliphatic heterocycles. The standard InChI is InChI=1S/C17H28F2N4O3S/c1-11(2)27(24,25)20-8-12-4-6-13(7-5-12)21-15-22-14(23-26-15)16(3)9-17(18,19)10-16/h11-13,20H,4-10H2,1-3H3,(H,21,22,23). The van der Waals surface area contributed by atoms with Crippen molar-refractivity contribution >= 4 is 16.0 Å². The normalized spacial score (nSPS) is 27.3. The summed E-state index contributed by atoms with van der Waals surface area (Å²) < 4.78 is 57.9. The summed E-state index contributed by atoms with van der Waals surface area (Å²) in [6.45, 7) is 5.51. The molecule has 1 aromatic rings. The second-order valence-corrected chi connectivity index (χ2v) is 10.8. The molecular formula is C17H28F2N4O3S. The minimum absolute atomic E-state index is 0.159. The quantitative estimate of drug-likeness (QED) is 0.722. The highest BCUT2D eigenvalue weighted by atomic mass is 32.2. The Morgan fingerprint density at radius 2 is 1.85 bits per heavy atom. The van der Waals surface area contributed by atoms with E-state index in [1.54, 1.807) is 20.8 Å². The highest BCUT2D eigenvalue weighted by Gasteiger charge is 2.56. The summed E-state index contributed by atoms with van der Waals surface area (Å²) in [6, 6.07) is 0.428. The predicted octanol–water partition coefficient (Wildman–Crippen LogP) is 3.05. The monoisotopic (exact) mass is 406 g/mol. The number of aromatic nitrogens is 2. The molecule has 2 N–H and O–H groups in total. The second-order valence-electron chi connectivity index (χ2n) is 8.50. The van der Waals surface area contributed by atoms with Gasteiger partial charge in [-0.1, -0.05) is 12.1 Å². The highest BCUT2D eigenvalue weighted by molar-refractivity contribution is 7.90. The zero-order valence-corrected chi connectivity index (χ0v) is 16.8. The Kier molecular flexibility index (Phi) is 5.51. The molecule has 0 atom stereocenters. The van der Waals surface area contributed by atoms with Gasteiger partial charge in [-0.25, -0.2) is 21.9 Å². The van der Waals surface area contributed by atoms with Crippen molar-refractivity contribution in [2.45, 2.75) is 81.9 Å². The molecule has 154 valence electrons. The Bertz CT molecular complexity index is 750. The number of nitrogens with zero attached hydrogens (tertiary/aromatic N) is 2. The Morgan fingerprint density at radius 3 is 2.41 bits per heavy atom. The number of rotatable bonds is 7. The van der Waals surface area contributed by atoms with Crippen LogP contribution in [0.25, 0.3) is 0 Å². The first kappa shape index (κ1) is 20.4. The minimum Gasteiger partial charge on any atom is -0.335 e. The molecule has 2 aliphatic carbocycles. The van der Waals surface area contributed by atoms with Gasteiger partial charge in [0.15, 0.2) is 5.82 Å². The molecule has 0 spiro atoms. The average Bonchev–Trinajstić information content (AvgIpc) is 3.01. The van der Waals surface area contributed by atoms with Crippen molar-refractivity contribution in [2.75, 3.05) is 11.9 Å². The van der Waals surface area contributed by atoms with Crippen LogP contribution >= 0.6 is 0 Å².